The van der Waals surface area contributed by atoms with Crippen LogP contribution in [0.4, 0.5) is 5.69 Å². The Labute approximate surface area is 348 Å². The molecule has 1 aromatic heterocycles. The normalized spacial score (nSPS) is 23.6. The van der Waals surface area contributed by atoms with Crippen molar-refractivity contribution in [1.82, 2.24) is 15.0 Å². The number of carbonyl (C=O) groups excluding carboxylic acids is 2. The Bertz CT molecular complexity index is 1900. The van der Waals surface area contributed by atoms with Gasteiger partial charge in [0.2, 0.25) is 5.78 Å². The van der Waals surface area contributed by atoms with E-state index in [0.29, 0.717) is 49.2 Å². The molecule has 58 heavy (non-hydrogen) atoms. The van der Waals surface area contributed by atoms with E-state index in [1.165, 1.54) is 12.8 Å². The van der Waals surface area contributed by atoms with E-state index in [9.17, 15) is 5.11 Å². The van der Waals surface area contributed by atoms with Crippen molar-refractivity contribution in [2.75, 3.05) is 52.8 Å². The van der Waals surface area contributed by atoms with E-state index in [0.717, 1.165) is 55.6 Å². The smallest absolute Gasteiger partial charge is 0.265 e. The van der Waals surface area contributed by atoms with Gasteiger partial charge in [0.15, 0.2) is 25.5 Å². The molecular weight excluding hydrogens is 749 g/mol. The Balaban J connectivity index is 1.59. The number of anilines is 1. The lowest BCUT2D eigenvalue weighted by atomic mass is 9.58. The molecule has 0 saturated heterocycles. The fraction of sp³-hybridized carbons (Fsp3) is 0.717. The van der Waals surface area contributed by atoms with Gasteiger partial charge in [-0.1, -0.05) is 68.2 Å². The molecule has 6 rings (SSSR count). The summed E-state index contributed by atoms with van der Waals surface area (Å²) in [5.41, 5.74) is 2.32. The van der Waals surface area contributed by atoms with E-state index < -0.39 is 31.7 Å². The molecule has 322 valence electrons. The molecule has 0 bridgehead atoms. The van der Waals surface area contributed by atoms with Gasteiger partial charge in [-0.3, -0.25) is 19.4 Å². The van der Waals surface area contributed by atoms with Crippen molar-refractivity contribution in [2.24, 2.45) is 17.3 Å². The Kier molecular flexibility index (Phi) is 12.5. The van der Waals surface area contributed by atoms with Crippen LogP contribution in [0.2, 0.25) is 18.1 Å². The van der Waals surface area contributed by atoms with Crippen LogP contribution in [0.15, 0.2) is 21.9 Å². The maximum absolute atomic E-state index is 15.5. The number of aliphatic hydroxyl groups excluding tert-OH is 1. The van der Waals surface area contributed by atoms with Gasteiger partial charge in [-0.05, 0) is 104 Å². The molecule has 0 radical (unpaired) electrons. The molecule has 11 nitrogen and oxygen atoms in total. The zero-order valence-electron chi connectivity index (χ0n) is 38.1. The molecule has 1 heterocycles. The van der Waals surface area contributed by atoms with Gasteiger partial charge >= 0.3 is 0 Å². The molecule has 12 heteroatoms. The summed E-state index contributed by atoms with van der Waals surface area (Å²) in [5, 5.41) is 17.1. The first-order chi connectivity index (χ1) is 27.1. The van der Waals surface area contributed by atoms with E-state index in [1.54, 1.807) is 0 Å². The van der Waals surface area contributed by atoms with Crippen LogP contribution in [0.25, 0.3) is 0 Å². The quantitative estimate of drug-likeness (QED) is 0.129. The van der Waals surface area contributed by atoms with Crippen LogP contribution in [0, 0.1) is 17.3 Å². The van der Waals surface area contributed by atoms with Gasteiger partial charge in [0.05, 0.1) is 24.8 Å². The van der Waals surface area contributed by atoms with Gasteiger partial charge in [-0.25, -0.2) is 0 Å². The molecule has 4 aliphatic rings. The molecule has 0 unspecified atom stereocenters. The van der Waals surface area contributed by atoms with Gasteiger partial charge in [0.25, 0.3) is 5.88 Å². The predicted molar refractivity (Wildman–Crippen MR) is 232 cm³/mol. The Morgan fingerprint density at radius 3 is 2.16 bits per heavy atom. The summed E-state index contributed by atoms with van der Waals surface area (Å²) in [6.45, 7) is 24.2. The molecule has 1 N–H and O–H groups in total. The average molecular weight is 821 g/mol. The van der Waals surface area contributed by atoms with Crippen LogP contribution >= 0.6 is 0 Å². The van der Waals surface area contributed by atoms with E-state index >= 15 is 9.59 Å². The third kappa shape index (κ3) is 8.04. The first-order valence-corrected chi connectivity index (χ1v) is 24.7. The summed E-state index contributed by atoms with van der Waals surface area (Å²) < 4.78 is 26.1. The van der Waals surface area contributed by atoms with E-state index in [4.69, 9.17) is 18.4 Å². The molecular formula is C46H72N4O7Si. The number of carbonyl (C=O) groups is 2. The summed E-state index contributed by atoms with van der Waals surface area (Å²) in [4.78, 5) is 37.8. The number of aliphatic hydroxyl groups is 1. The van der Waals surface area contributed by atoms with Gasteiger partial charge in [0, 0.05) is 50.4 Å². The summed E-state index contributed by atoms with van der Waals surface area (Å²) >= 11 is 0. The van der Waals surface area contributed by atoms with Crippen molar-refractivity contribution in [3.8, 4) is 11.6 Å². The number of rotatable bonds is 16. The second kappa shape index (κ2) is 16.3. The Morgan fingerprint density at radius 1 is 0.966 bits per heavy atom. The molecule has 1 saturated carbocycles. The highest BCUT2D eigenvalue weighted by atomic mass is 28.4. The Morgan fingerprint density at radius 2 is 1.60 bits per heavy atom. The highest BCUT2D eigenvalue weighted by Crippen LogP contribution is 2.60. The lowest BCUT2D eigenvalue weighted by molar-refractivity contribution is -0.0480. The van der Waals surface area contributed by atoms with E-state index in [2.05, 4.69) is 104 Å². The lowest BCUT2D eigenvalue weighted by Gasteiger charge is -2.55. The fourth-order valence-corrected chi connectivity index (χ4v) is 10.8. The number of hydrogen-bond donors (Lipinski definition) is 1. The third-order valence-corrected chi connectivity index (χ3v) is 17.6. The second-order valence-corrected chi connectivity index (χ2v) is 25.4. The number of fused-ring (bicyclic) bond motifs is 4. The van der Waals surface area contributed by atoms with Gasteiger partial charge < -0.3 is 28.4 Å². The fourth-order valence-electron chi connectivity index (χ4n) is 9.35. The lowest BCUT2D eigenvalue weighted by Crippen LogP contribution is -2.65. The molecule has 0 aliphatic heterocycles. The zero-order chi connectivity index (χ0) is 42.7. The molecule has 4 aliphatic carbocycles. The third-order valence-electron chi connectivity index (χ3n) is 13.2. The minimum Gasteiger partial charge on any atom is -0.508 e. The molecule has 4 atom stereocenters. The second-order valence-electron chi connectivity index (χ2n) is 20.6. The minimum absolute atomic E-state index is 0.110. The van der Waals surface area contributed by atoms with Crippen LogP contribution in [-0.2, 0) is 17.4 Å². The number of ether oxygens (including phenoxy) is 2. The SMILES string of the molecule is CCCCOc1cc(CN(CC(C)(C)C)C2CC2)c(N(C)C)c2c1C(=O)C1=C(O)[C@]3(O[Si](C)(C)C(C)(C)C)C(=O)c4c(OCCCC)noc4[C@@H](N(C)C)[C@@H]3C[C@@H]1C2. The molecule has 2 aromatic rings. The number of ketones is 2. The maximum Gasteiger partial charge on any atom is 0.265 e. The first-order valence-electron chi connectivity index (χ1n) is 21.8. The van der Waals surface area contributed by atoms with Crippen LogP contribution in [0.1, 0.15) is 144 Å². The van der Waals surface area contributed by atoms with Gasteiger partial charge in [0.1, 0.15) is 17.1 Å². The largest absolute Gasteiger partial charge is 0.508 e. The topological polar surface area (TPSA) is 118 Å². The van der Waals surface area contributed by atoms with Crippen molar-refractivity contribution in [3.05, 3.63) is 45.4 Å². The van der Waals surface area contributed by atoms with Crippen molar-refractivity contribution >= 4 is 25.6 Å². The van der Waals surface area contributed by atoms with Crippen LogP contribution < -0.4 is 14.4 Å². The summed E-state index contributed by atoms with van der Waals surface area (Å²) in [6, 6.07) is 2.13. The highest BCUT2D eigenvalue weighted by molar-refractivity contribution is 6.74. The summed E-state index contributed by atoms with van der Waals surface area (Å²) in [7, 11) is 5.20. The first kappa shape index (κ1) is 44.4. The number of unbranched alkanes of at least 4 members (excludes halogenated alkanes) is 2. The number of allylic oxidation sites excluding steroid dienone is 1. The van der Waals surface area contributed by atoms with Gasteiger partial charge in [-0.2, -0.15) is 0 Å². The summed E-state index contributed by atoms with van der Waals surface area (Å²) in [6.07, 6.45) is 6.79. The van der Waals surface area contributed by atoms with Crippen molar-refractivity contribution in [1.29, 1.82) is 0 Å². The summed E-state index contributed by atoms with van der Waals surface area (Å²) in [5.74, 6) is -0.909. The van der Waals surface area contributed by atoms with Crippen LogP contribution in [0.5, 0.6) is 11.6 Å². The number of Topliss-reactive ketones (excluding diaryl/α,β-unsaturated/α-hetero) is 2. The van der Waals surface area contributed by atoms with E-state index in [1.807, 2.05) is 19.0 Å². The standard InChI is InChI=1S/C46H72N4O7Si/c1-15-17-21-54-33-25-29(26-50(30-19-20-30)27-44(3,4)5)37(48(9)10)31-23-28-24-32-38(49(11)12)40-36(43(47-56-40)55-22-18-16-2)42(53)46(32,57-58(13,14)45(6,7)8)41(52)34(28)39(51)35(31)33/h25,28,30,32,38,52H,15-24,26-27H2,1-14H3/t28-,32-,38-,46-/m0/s1. The number of benzene rings is 1. The molecule has 0 amide bonds. The van der Waals surface area contributed by atoms with Crippen LogP contribution in [-0.4, -0.2) is 99.5 Å². The maximum atomic E-state index is 15.5. The number of aromatic nitrogens is 1. The Hall–Kier alpha value is -3.19. The monoisotopic (exact) mass is 821 g/mol. The zero-order valence-corrected chi connectivity index (χ0v) is 39.1. The van der Waals surface area contributed by atoms with Crippen molar-refractivity contribution < 1.29 is 33.1 Å². The highest BCUT2D eigenvalue weighted by Gasteiger charge is 2.67. The van der Waals surface area contributed by atoms with Crippen molar-refractivity contribution in [2.45, 2.75) is 149 Å². The predicted octanol–water partition coefficient (Wildman–Crippen LogP) is 9.56. The average Bonchev–Trinajstić information content (AvgIpc) is 3.88. The van der Waals surface area contributed by atoms with Crippen LogP contribution in [0.3, 0.4) is 0 Å². The van der Waals surface area contributed by atoms with Crippen molar-refractivity contribution in [3.63, 3.8) is 0 Å². The molecule has 0 spiro atoms. The number of hydrogen-bond acceptors (Lipinski definition) is 11. The minimum atomic E-state index is -2.83. The molecule has 1 aromatic carbocycles. The molecule has 1 fully saturated rings. The van der Waals surface area contributed by atoms with Gasteiger partial charge in [-0.15, -0.1) is 0 Å². The number of nitrogens with zero attached hydrogens (tertiary/aromatic N) is 4. The van der Waals surface area contributed by atoms with E-state index in [-0.39, 0.29) is 44.9 Å².